The molecule has 0 radical (unpaired) electrons. The summed E-state index contributed by atoms with van der Waals surface area (Å²) in [4.78, 5) is 0. The Bertz CT molecular complexity index is 520. The van der Waals surface area contributed by atoms with Crippen molar-refractivity contribution in [1.29, 1.82) is 0 Å². The van der Waals surface area contributed by atoms with Gasteiger partial charge in [-0.15, -0.1) is 0 Å². The first-order valence-corrected chi connectivity index (χ1v) is 7.04. The van der Waals surface area contributed by atoms with Gasteiger partial charge in [-0.3, -0.25) is 0 Å². The van der Waals surface area contributed by atoms with Gasteiger partial charge in [0, 0.05) is 35.6 Å². The monoisotopic (exact) mass is 306 g/mol. The number of hydrogen-bond donors (Lipinski definition) is 1. The predicted octanol–water partition coefficient (Wildman–Crippen LogP) is 4.50. The fraction of sp³-hybridized carbons (Fsp3) is 0.333. The lowest BCUT2D eigenvalue weighted by Gasteiger charge is -2.12. The number of aryl methyl sites for hydroxylation is 3. The van der Waals surface area contributed by atoms with E-state index in [4.69, 9.17) is 0 Å². The fourth-order valence-corrected chi connectivity index (χ4v) is 2.86. The van der Waals surface area contributed by atoms with Gasteiger partial charge in [0.05, 0.1) is 0 Å². The van der Waals surface area contributed by atoms with Gasteiger partial charge in [0.15, 0.2) is 0 Å². The molecule has 0 atom stereocenters. The molecule has 0 aliphatic heterocycles. The Balaban J connectivity index is 2.10. The van der Waals surface area contributed by atoms with Crippen LogP contribution in [0, 0.1) is 13.8 Å². The second-order valence-corrected chi connectivity index (χ2v) is 5.53. The van der Waals surface area contributed by atoms with Crippen LogP contribution in [0.2, 0.25) is 0 Å². The maximum absolute atomic E-state index is 3.53. The lowest BCUT2D eigenvalue weighted by Crippen LogP contribution is -2.02. The number of hydrogen-bond acceptors (Lipinski definition) is 1. The minimum absolute atomic E-state index is 0.871. The largest absolute Gasteiger partial charge is 0.380 e. The van der Waals surface area contributed by atoms with E-state index in [2.05, 4.69) is 77.2 Å². The zero-order valence-electron chi connectivity index (χ0n) is 11.1. The number of aromatic nitrogens is 1. The van der Waals surface area contributed by atoms with Crippen LogP contribution < -0.4 is 5.32 Å². The maximum atomic E-state index is 3.53. The molecule has 0 saturated carbocycles. The number of rotatable bonds is 4. The summed E-state index contributed by atoms with van der Waals surface area (Å²) < 4.78 is 3.33. The topological polar surface area (TPSA) is 17.0 Å². The van der Waals surface area contributed by atoms with Crippen LogP contribution >= 0.6 is 15.9 Å². The molecular formula is C15H19BrN2. The van der Waals surface area contributed by atoms with Crippen molar-refractivity contribution in [2.24, 2.45) is 0 Å². The molecular weight excluding hydrogens is 288 g/mol. The van der Waals surface area contributed by atoms with Gasteiger partial charge in [0.2, 0.25) is 0 Å². The summed E-state index contributed by atoms with van der Waals surface area (Å²) in [5, 5.41) is 3.53. The lowest BCUT2D eigenvalue weighted by molar-refractivity contribution is 0.766. The first-order valence-electron chi connectivity index (χ1n) is 6.25. The molecule has 3 heteroatoms. The Morgan fingerprint density at radius 1 is 1.22 bits per heavy atom. The Morgan fingerprint density at radius 3 is 2.44 bits per heavy atom. The van der Waals surface area contributed by atoms with E-state index in [9.17, 15) is 0 Å². The Hall–Kier alpha value is -1.22. The third kappa shape index (κ3) is 2.96. The second kappa shape index (κ2) is 5.61. The van der Waals surface area contributed by atoms with Crippen LogP contribution in [-0.4, -0.2) is 4.57 Å². The Kier molecular flexibility index (Phi) is 4.12. The third-order valence-electron chi connectivity index (χ3n) is 3.14. The zero-order chi connectivity index (χ0) is 13.1. The molecule has 1 aromatic carbocycles. The molecule has 0 aliphatic carbocycles. The highest BCUT2D eigenvalue weighted by Gasteiger charge is 2.04. The molecule has 1 aromatic heterocycles. The average Bonchev–Trinajstić information content (AvgIpc) is 2.75. The number of benzene rings is 1. The van der Waals surface area contributed by atoms with Crippen molar-refractivity contribution < 1.29 is 0 Å². The SMILES string of the molecule is CCn1ccc(CNc2c(C)cc(Br)cc2C)c1. The van der Waals surface area contributed by atoms with Crippen LogP contribution in [0.5, 0.6) is 0 Å². The third-order valence-corrected chi connectivity index (χ3v) is 3.60. The molecule has 96 valence electrons. The van der Waals surface area contributed by atoms with Gasteiger partial charge in [-0.05, 0) is 55.7 Å². The Labute approximate surface area is 117 Å². The van der Waals surface area contributed by atoms with Gasteiger partial charge in [0.25, 0.3) is 0 Å². The van der Waals surface area contributed by atoms with Crippen molar-refractivity contribution >= 4 is 21.6 Å². The van der Waals surface area contributed by atoms with Crippen molar-refractivity contribution in [1.82, 2.24) is 4.57 Å². The zero-order valence-corrected chi connectivity index (χ0v) is 12.7. The summed E-state index contributed by atoms with van der Waals surface area (Å²) in [7, 11) is 0. The molecule has 2 aromatic rings. The van der Waals surface area contributed by atoms with Crippen LogP contribution in [0.15, 0.2) is 35.1 Å². The van der Waals surface area contributed by atoms with E-state index in [1.54, 1.807) is 0 Å². The quantitative estimate of drug-likeness (QED) is 0.880. The van der Waals surface area contributed by atoms with Crippen LogP contribution in [0.4, 0.5) is 5.69 Å². The van der Waals surface area contributed by atoms with Crippen LogP contribution in [-0.2, 0) is 13.1 Å². The molecule has 0 aliphatic rings. The van der Waals surface area contributed by atoms with E-state index < -0.39 is 0 Å². The van der Waals surface area contributed by atoms with Crippen LogP contribution in [0.1, 0.15) is 23.6 Å². The number of halogens is 1. The molecule has 0 saturated heterocycles. The molecule has 2 rings (SSSR count). The number of nitrogens with zero attached hydrogens (tertiary/aromatic N) is 1. The van der Waals surface area contributed by atoms with E-state index in [0.29, 0.717) is 0 Å². The predicted molar refractivity (Wildman–Crippen MR) is 81.0 cm³/mol. The summed E-state index contributed by atoms with van der Waals surface area (Å²) in [6.07, 6.45) is 4.31. The van der Waals surface area contributed by atoms with E-state index in [0.717, 1.165) is 17.6 Å². The fourth-order valence-electron chi connectivity index (χ4n) is 2.17. The summed E-state index contributed by atoms with van der Waals surface area (Å²) in [6, 6.07) is 6.46. The summed E-state index contributed by atoms with van der Waals surface area (Å²) >= 11 is 3.52. The molecule has 0 fully saturated rings. The molecule has 1 heterocycles. The van der Waals surface area contributed by atoms with Crippen LogP contribution in [0.3, 0.4) is 0 Å². The lowest BCUT2D eigenvalue weighted by atomic mass is 10.1. The number of anilines is 1. The van der Waals surface area contributed by atoms with Gasteiger partial charge in [-0.2, -0.15) is 0 Å². The van der Waals surface area contributed by atoms with E-state index in [-0.39, 0.29) is 0 Å². The van der Waals surface area contributed by atoms with E-state index in [1.165, 1.54) is 22.4 Å². The van der Waals surface area contributed by atoms with Gasteiger partial charge in [0.1, 0.15) is 0 Å². The van der Waals surface area contributed by atoms with Crippen molar-refractivity contribution in [3.63, 3.8) is 0 Å². The van der Waals surface area contributed by atoms with Crippen molar-refractivity contribution in [2.45, 2.75) is 33.9 Å². The van der Waals surface area contributed by atoms with Crippen molar-refractivity contribution in [3.8, 4) is 0 Å². The molecule has 18 heavy (non-hydrogen) atoms. The molecule has 0 spiro atoms. The highest BCUT2D eigenvalue weighted by Crippen LogP contribution is 2.25. The van der Waals surface area contributed by atoms with Crippen molar-refractivity contribution in [2.75, 3.05) is 5.32 Å². The van der Waals surface area contributed by atoms with E-state index in [1.807, 2.05) is 0 Å². The molecule has 2 nitrogen and oxygen atoms in total. The second-order valence-electron chi connectivity index (χ2n) is 4.62. The maximum Gasteiger partial charge on any atom is 0.0416 e. The normalized spacial score (nSPS) is 10.7. The smallest absolute Gasteiger partial charge is 0.0416 e. The number of nitrogens with one attached hydrogen (secondary N) is 1. The minimum atomic E-state index is 0.871. The summed E-state index contributed by atoms with van der Waals surface area (Å²) in [5.41, 5.74) is 5.11. The average molecular weight is 307 g/mol. The van der Waals surface area contributed by atoms with Gasteiger partial charge >= 0.3 is 0 Å². The van der Waals surface area contributed by atoms with E-state index >= 15 is 0 Å². The van der Waals surface area contributed by atoms with Crippen molar-refractivity contribution in [3.05, 3.63) is 51.8 Å². The molecule has 1 N–H and O–H groups in total. The summed E-state index contributed by atoms with van der Waals surface area (Å²) in [6.45, 7) is 8.32. The van der Waals surface area contributed by atoms with Gasteiger partial charge < -0.3 is 9.88 Å². The first-order chi connectivity index (χ1) is 8.60. The highest BCUT2D eigenvalue weighted by atomic mass is 79.9. The van der Waals surface area contributed by atoms with Gasteiger partial charge in [-0.1, -0.05) is 15.9 Å². The standard InChI is InChI=1S/C15H19BrN2/c1-4-18-6-5-13(10-18)9-17-15-11(2)7-14(16)8-12(15)3/h5-8,10,17H,4,9H2,1-3H3. The first kappa shape index (κ1) is 13.2. The minimum Gasteiger partial charge on any atom is -0.380 e. The van der Waals surface area contributed by atoms with Crippen LogP contribution in [0.25, 0.3) is 0 Å². The molecule has 0 bridgehead atoms. The Morgan fingerprint density at radius 2 is 1.89 bits per heavy atom. The van der Waals surface area contributed by atoms with Gasteiger partial charge in [-0.25, -0.2) is 0 Å². The highest BCUT2D eigenvalue weighted by molar-refractivity contribution is 9.10. The molecule has 0 amide bonds. The summed E-state index contributed by atoms with van der Waals surface area (Å²) in [5.74, 6) is 0. The molecule has 0 unspecified atom stereocenters.